The molecule has 1 aromatic heterocycles. The minimum Gasteiger partial charge on any atom is -0.286 e. The number of hydrogen-bond acceptors (Lipinski definition) is 5. The molecular weight excluding hydrogens is 188 g/mol. The molecule has 0 saturated carbocycles. The van der Waals surface area contributed by atoms with Crippen molar-refractivity contribution in [3.05, 3.63) is 34.1 Å². The molecule has 0 unspecified atom stereocenters. The van der Waals surface area contributed by atoms with Gasteiger partial charge in [0.2, 0.25) is 0 Å². The second-order valence-electron chi connectivity index (χ2n) is 2.36. The van der Waals surface area contributed by atoms with Crippen LogP contribution < -0.4 is 10.9 Å². The first-order valence-electron chi connectivity index (χ1n) is 3.72. The van der Waals surface area contributed by atoms with Crippen molar-refractivity contribution in [3.8, 4) is 0 Å². The summed E-state index contributed by atoms with van der Waals surface area (Å²) < 4.78 is 0. The maximum atomic E-state index is 11.2. The first-order valence-corrected chi connectivity index (χ1v) is 3.72. The van der Waals surface area contributed by atoms with Gasteiger partial charge in [-0.3, -0.25) is 25.3 Å². The third kappa shape index (κ3) is 2.23. The lowest BCUT2D eigenvalue weighted by molar-refractivity contribution is -0.385. The fourth-order valence-electron chi connectivity index (χ4n) is 0.835. The smallest absolute Gasteiger partial charge is 0.284 e. The topological polar surface area (TPSA) is 97.2 Å². The van der Waals surface area contributed by atoms with E-state index in [1.54, 1.807) is 0 Å². The summed E-state index contributed by atoms with van der Waals surface area (Å²) in [6, 6.07) is 2.32. The van der Waals surface area contributed by atoms with Gasteiger partial charge in [0.05, 0.1) is 4.92 Å². The number of carbonyl (C=O) groups excluding carboxylic acids is 1. The van der Waals surface area contributed by atoms with Gasteiger partial charge < -0.3 is 0 Å². The Morgan fingerprint density at radius 3 is 2.93 bits per heavy atom. The van der Waals surface area contributed by atoms with E-state index >= 15 is 0 Å². The molecule has 0 atom stereocenters. The molecule has 0 radical (unpaired) electrons. The number of rotatable bonds is 3. The van der Waals surface area contributed by atoms with Gasteiger partial charge in [-0.05, 0) is 0 Å². The molecule has 0 aliphatic rings. The SMILES string of the molecule is CNNC(=O)c1cc([N+](=O)[O-])ccn1. The van der Waals surface area contributed by atoms with E-state index in [0.717, 1.165) is 6.07 Å². The number of amides is 1. The lowest BCUT2D eigenvalue weighted by atomic mass is 10.3. The summed E-state index contributed by atoms with van der Waals surface area (Å²) >= 11 is 0. The van der Waals surface area contributed by atoms with Crippen LogP contribution in [0.5, 0.6) is 0 Å². The molecular formula is C7H8N4O3. The Morgan fingerprint density at radius 1 is 1.64 bits per heavy atom. The van der Waals surface area contributed by atoms with Gasteiger partial charge in [0.15, 0.2) is 0 Å². The van der Waals surface area contributed by atoms with Gasteiger partial charge in [-0.25, -0.2) is 5.43 Å². The molecule has 0 aromatic carbocycles. The van der Waals surface area contributed by atoms with Gasteiger partial charge >= 0.3 is 0 Å². The summed E-state index contributed by atoms with van der Waals surface area (Å²) in [5, 5.41) is 10.4. The van der Waals surface area contributed by atoms with Crippen LogP contribution in [0.15, 0.2) is 18.3 Å². The van der Waals surface area contributed by atoms with E-state index < -0.39 is 10.8 Å². The normalized spacial score (nSPS) is 9.50. The van der Waals surface area contributed by atoms with Crippen LogP contribution in [0.4, 0.5) is 5.69 Å². The molecule has 0 saturated heterocycles. The number of nitrogens with zero attached hydrogens (tertiary/aromatic N) is 2. The van der Waals surface area contributed by atoms with Gasteiger partial charge in [-0.1, -0.05) is 0 Å². The van der Waals surface area contributed by atoms with Crippen molar-refractivity contribution < 1.29 is 9.72 Å². The van der Waals surface area contributed by atoms with Gasteiger partial charge in [-0.15, -0.1) is 0 Å². The van der Waals surface area contributed by atoms with E-state index in [1.807, 2.05) is 0 Å². The molecule has 1 aromatic rings. The highest BCUT2D eigenvalue weighted by Gasteiger charge is 2.11. The Balaban J connectivity index is 2.93. The van der Waals surface area contributed by atoms with Gasteiger partial charge in [0.1, 0.15) is 5.69 Å². The Kier molecular flexibility index (Phi) is 3.08. The fourth-order valence-corrected chi connectivity index (χ4v) is 0.835. The molecule has 1 amide bonds. The van der Waals surface area contributed by atoms with Gasteiger partial charge in [-0.2, -0.15) is 0 Å². The van der Waals surface area contributed by atoms with E-state index in [0.29, 0.717) is 0 Å². The van der Waals surface area contributed by atoms with Crippen LogP contribution in [0.3, 0.4) is 0 Å². The lowest BCUT2D eigenvalue weighted by Crippen LogP contribution is -2.34. The van der Waals surface area contributed by atoms with Crippen LogP contribution >= 0.6 is 0 Å². The molecule has 7 nitrogen and oxygen atoms in total. The Labute approximate surface area is 79.3 Å². The minimum absolute atomic E-state index is 0.00597. The van der Waals surface area contributed by atoms with Crippen LogP contribution in [-0.2, 0) is 0 Å². The molecule has 1 rings (SSSR count). The number of carbonyl (C=O) groups is 1. The maximum absolute atomic E-state index is 11.2. The van der Waals surface area contributed by atoms with Crippen molar-refractivity contribution in [3.63, 3.8) is 0 Å². The number of nitro groups is 1. The number of pyridine rings is 1. The van der Waals surface area contributed by atoms with Crippen LogP contribution in [0.2, 0.25) is 0 Å². The first kappa shape index (κ1) is 10.1. The average molecular weight is 196 g/mol. The third-order valence-corrected chi connectivity index (χ3v) is 1.43. The zero-order chi connectivity index (χ0) is 10.6. The van der Waals surface area contributed by atoms with Crippen molar-refractivity contribution >= 4 is 11.6 Å². The van der Waals surface area contributed by atoms with Crippen LogP contribution in [0.1, 0.15) is 10.5 Å². The molecule has 2 N–H and O–H groups in total. The second-order valence-corrected chi connectivity index (χ2v) is 2.36. The Hall–Kier alpha value is -2.02. The monoisotopic (exact) mass is 196 g/mol. The molecule has 74 valence electrons. The van der Waals surface area contributed by atoms with E-state index in [1.165, 1.54) is 19.3 Å². The summed E-state index contributed by atoms with van der Waals surface area (Å²) in [7, 11) is 1.51. The van der Waals surface area contributed by atoms with Crippen LogP contribution in [0.25, 0.3) is 0 Å². The van der Waals surface area contributed by atoms with E-state index in [4.69, 9.17) is 0 Å². The maximum Gasteiger partial charge on any atom is 0.284 e. The molecule has 0 aliphatic heterocycles. The molecule has 7 heteroatoms. The molecule has 0 bridgehead atoms. The largest absolute Gasteiger partial charge is 0.286 e. The highest BCUT2D eigenvalue weighted by molar-refractivity contribution is 5.92. The second kappa shape index (κ2) is 4.28. The Morgan fingerprint density at radius 2 is 2.36 bits per heavy atom. The quantitative estimate of drug-likeness (QED) is 0.517. The van der Waals surface area contributed by atoms with Crippen molar-refractivity contribution in [2.24, 2.45) is 0 Å². The highest BCUT2D eigenvalue weighted by atomic mass is 16.6. The molecule has 1 heterocycles. The molecule has 0 aliphatic carbocycles. The summed E-state index contributed by atoms with van der Waals surface area (Å²) in [6.45, 7) is 0. The number of hydrogen-bond donors (Lipinski definition) is 2. The van der Waals surface area contributed by atoms with Gasteiger partial charge in [0.25, 0.3) is 11.6 Å². The number of aromatic nitrogens is 1. The third-order valence-electron chi connectivity index (χ3n) is 1.43. The summed E-state index contributed by atoms with van der Waals surface area (Å²) in [5.41, 5.74) is 4.49. The zero-order valence-corrected chi connectivity index (χ0v) is 7.35. The van der Waals surface area contributed by atoms with Gasteiger partial charge in [0, 0.05) is 25.4 Å². The lowest BCUT2D eigenvalue weighted by Gasteiger charge is -2.00. The molecule has 14 heavy (non-hydrogen) atoms. The summed E-state index contributed by atoms with van der Waals surface area (Å²) in [4.78, 5) is 24.6. The van der Waals surface area contributed by atoms with Crippen molar-refractivity contribution in [1.29, 1.82) is 0 Å². The summed E-state index contributed by atoms with van der Waals surface area (Å²) in [5.74, 6) is -0.517. The highest BCUT2D eigenvalue weighted by Crippen LogP contribution is 2.10. The predicted molar refractivity (Wildman–Crippen MR) is 47.4 cm³/mol. The van der Waals surface area contributed by atoms with Crippen molar-refractivity contribution in [1.82, 2.24) is 15.8 Å². The molecule has 0 fully saturated rings. The predicted octanol–water partition coefficient (Wildman–Crippen LogP) is -0.146. The van der Waals surface area contributed by atoms with E-state index in [-0.39, 0.29) is 11.4 Å². The zero-order valence-electron chi connectivity index (χ0n) is 7.35. The van der Waals surface area contributed by atoms with E-state index in [9.17, 15) is 14.9 Å². The Bertz CT molecular complexity index is 366. The standard InChI is InChI=1S/C7H8N4O3/c1-8-10-7(12)6-4-5(11(13)14)2-3-9-6/h2-4,8H,1H3,(H,10,12). The number of hydrazine groups is 1. The molecule has 0 spiro atoms. The fraction of sp³-hybridized carbons (Fsp3) is 0.143. The van der Waals surface area contributed by atoms with Crippen LogP contribution in [-0.4, -0.2) is 22.9 Å². The first-order chi connectivity index (χ1) is 6.65. The van der Waals surface area contributed by atoms with E-state index in [2.05, 4.69) is 15.8 Å². The van der Waals surface area contributed by atoms with Crippen LogP contribution in [0, 0.1) is 10.1 Å². The average Bonchev–Trinajstić information content (AvgIpc) is 2.18. The minimum atomic E-state index is -0.585. The summed E-state index contributed by atoms with van der Waals surface area (Å²) in [6.07, 6.45) is 1.21. The van der Waals surface area contributed by atoms with Crippen molar-refractivity contribution in [2.75, 3.05) is 7.05 Å². The number of nitrogens with one attached hydrogen (secondary N) is 2. The van der Waals surface area contributed by atoms with Crippen molar-refractivity contribution in [2.45, 2.75) is 0 Å².